The van der Waals surface area contributed by atoms with Gasteiger partial charge in [0.2, 0.25) is 11.7 Å². The Balaban J connectivity index is 1.27. The highest BCUT2D eigenvalue weighted by Crippen LogP contribution is 2.48. The first-order valence-electron chi connectivity index (χ1n) is 10.7. The summed E-state index contributed by atoms with van der Waals surface area (Å²) < 4.78 is 21.4. The van der Waals surface area contributed by atoms with Gasteiger partial charge in [-0.15, -0.1) is 0 Å². The second-order valence-electron chi connectivity index (χ2n) is 8.38. The number of rotatable bonds is 5. The summed E-state index contributed by atoms with van der Waals surface area (Å²) in [5, 5.41) is 16.4. The van der Waals surface area contributed by atoms with Crippen LogP contribution in [0.1, 0.15) is 43.0 Å². The zero-order valence-corrected chi connectivity index (χ0v) is 19.4. The van der Waals surface area contributed by atoms with Crippen LogP contribution in [-0.4, -0.2) is 38.9 Å². The van der Waals surface area contributed by atoms with Crippen LogP contribution in [0, 0.1) is 30.6 Å². The molecule has 0 spiro atoms. The van der Waals surface area contributed by atoms with Gasteiger partial charge in [-0.05, 0) is 37.7 Å². The van der Waals surface area contributed by atoms with Gasteiger partial charge in [-0.3, -0.25) is 10.1 Å². The molecule has 180 valence electrons. The van der Waals surface area contributed by atoms with E-state index in [2.05, 4.69) is 32.3 Å². The molecule has 2 atom stereocenters. The van der Waals surface area contributed by atoms with Crippen molar-refractivity contribution < 1.29 is 32.8 Å². The summed E-state index contributed by atoms with van der Waals surface area (Å²) in [6, 6.07) is 0. The molecule has 3 aromatic rings. The molecular weight excluding hydrogens is 480 g/mol. The summed E-state index contributed by atoms with van der Waals surface area (Å²) in [5.74, 6) is 4.46. The summed E-state index contributed by atoms with van der Waals surface area (Å²) in [5.41, 5.74) is -0.365. The number of aliphatic carboxylic acids is 1. The van der Waals surface area contributed by atoms with E-state index < -0.39 is 17.5 Å². The predicted molar refractivity (Wildman–Crippen MR) is 121 cm³/mol. The second kappa shape index (κ2) is 8.63. The minimum atomic E-state index is -1.10. The number of carboxylic acids is 1. The number of fused-ring (bicyclic) bond motifs is 1. The van der Waals surface area contributed by atoms with E-state index >= 15 is 0 Å². The average molecular weight is 499 g/mol. The van der Waals surface area contributed by atoms with Gasteiger partial charge in [-0.25, -0.2) is 4.79 Å². The number of amides is 1. The van der Waals surface area contributed by atoms with E-state index in [1.807, 2.05) is 19.1 Å². The van der Waals surface area contributed by atoms with E-state index in [1.54, 1.807) is 13.0 Å². The lowest BCUT2D eigenvalue weighted by Crippen LogP contribution is -2.23. The zero-order chi connectivity index (χ0) is 24.7. The molecule has 5 rings (SSSR count). The van der Waals surface area contributed by atoms with Crippen LogP contribution in [0.25, 0.3) is 11.4 Å². The molecule has 3 heterocycles. The summed E-state index contributed by atoms with van der Waals surface area (Å²) in [4.78, 5) is 32.0. The Labute approximate surface area is 203 Å². The van der Waals surface area contributed by atoms with E-state index in [4.69, 9.17) is 29.7 Å². The fourth-order valence-corrected chi connectivity index (χ4v) is 3.96. The number of allylic oxidation sites excluding steroid dienone is 3. The fourth-order valence-electron chi connectivity index (χ4n) is 3.62. The first-order valence-corrected chi connectivity index (χ1v) is 11.1. The van der Waals surface area contributed by atoms with Crippen molar-refractivity contribution in [2.24, 2.45) is 11.8 Å². The van der Waals surface area contributed by atoms with Crippen molar-refractivity contribution in [3.8, 4) is 11.8 Å². The molecule has 2 N–H and O–H groups in total. The van der Waals surface area contributed by atoms with Crippen LogP contribution in [0.5, 0.6) is 0 Å². The van der Waals surface area contributed by atoms with E-state index in [0.29, 0.717) is 23.6 Å². The van der Waals surface area contributed by atoms with Gasteiger partial charge in [-0.1, -0.05) is 35.8 Å². The molecule has 0 aromatic carbocycles. The zero-order valence-electron chi connectivity index (χ0n) is 18.6. The number of halogens is 1. The van der Waals surface area contributed by atoms with Gasteiger partial charge in [0, 0.05) is 16.9 Å². The molecule has 0 aliphatic heterocycles. The van der Waals surface area contributed by atoms with Gasteiger partial charge in [0.15, 0.2) is 0 Å². The molecule has 0 bridgehead atoms. The topological polar surface area (TPSA) is 154 Å². The van der Waals surface area contributed by atoms with Gasteiger partial charge in [-0.2, -0.15) is 9.97 Å². The quantitative estimate of drug-likeness (QED) is 0.491. The Morgan fingerprint density at radius 1 is 1.29 bits per heavy atom. The van der Waals surface area contributed by atoms with Crippen LogP contribution in [0.3, 0.4) is 0 Å². The maximum Gasteiger partial charge on any atom is 0.411 e. The summed E-state index contributed by atoms with van der Waals surface area (Å²) in [6.07, 6.45) is 5.82. The largest absolute Gasteiger partial charge is 0.480 e. The molecular formula is C23H19ClN4O7. The minimum Gasteiger partial charge on any atom is -0.480 e. The Morgan fingerprint density at radius 3 is 2.74 bits per heavy atom. The lowest BCUT2D eigenvalue weighted by molar-refractivity contribution is -0.140. The van der Waals surface area contributed by atoms with Crippen molar-refractivity contribution in [1.29, 1.82) is 0 Å². The maximum atomic E-state index is 12.4. The number of hydrogen-bond donors (Lipinski definition) is 2. The van der Waals surface area contributed by atoms with Crippen molar-refractivity contribution in [3.63, 3.8) is 0 Å². The molecule has 2 aliphatic carbocycles. The lowest BCUT2D eigenvalue weighted by atomic mass is 9.90. The fraction of sp³-hybridized carbons (Fsp3) is 0.348. The molecule has 1 saturated carbocycles. The van der Waals surface area contributed by atoms with E-state index in [-0.39, 0.29) is 53.1 Å². The summed E-state index contributed by atoms with van der Waals surface area (Å²) >= 11 is 6.23. The normalized spacial score (nSPS) is 20.1. The highest BCUT2D eigenvalue weighted by atomic mass is 35.5. The monoisotopic (exact) mass is 498 g/mol. The molecule has 0 saturated heterocycles. The first kappa shape index (κ1) is 22.7. The smallest absolute Gasteiger partial charge is 0.411 e. The molecule has 35 heavy (non-hydrogen) atoms. The molecule has 1 amide bonds. The third-order valence-electron chi connectivity index (χ3n) is 5.97. The molecule has 2 unspecified atom stereocenters. The van der Waals surface area contributed by atoms with E-state index in [1.165, 1.54) is 0 Å². The van der Waals surface area contributed by atoms with Crippen LogP contribution < -0.4 is 5.32 Å². The number of aromatic nitrogens is 3. The van der Waals surface area contributed by atoms with Crippen molar-refractivity contribution >= 4 is 40.8 Å². The van der Waals surface area contributed by atoms with Crippen molar-refractivity contribution in [3.05, 3.63) is 46.5 Å². The van der Waals surface area contributed by atoms with Crippen LogP contribution in [0.4, 0.5) is 10.5 Å². The number of hydrogen-bond acceptors (Lipinski definition) is 9. The Bertz CT molecular complexity index is 1420. The predicted octanol–water partition coefficient (Wildman–Crippen LogP) is 4.12. The average Bonchev–Trinajstić information content (AvgIpc) is 3.25. The standard InChI is InChI=1S/C23H19ClN4O7/c1-11-4-3-5-14(24)13(11)10-32-22(31)26-17-12(2)28-35-15(17)6-7-16-25-18-19(33-16)27-20(34-18)23(8-9-23)21(29)30/h3-5,11,13H,8-10H2,1-2H3,(H,26,31)(H,29,30). The number of ether oxygens (including phenoxy) is 1. The van der Waals surface area contributed by atoms with Crippen molar-refractivity contribution in [2.75, 3.05) is 11.9 Å². The lowest BCUT2D eigenvalue weighted by Gasteiger charge is -2.23. The van der Waals surface area contributed by atoms with Gasteiger partial charge in [0.05, 0.1) is 0 Å². The van der Waals surface area contributed by atoms with Crippen LogP contribution in [0.15, 0.2) is 36.6 Å². The molecule has 12 heteroatoms. The molecule has 1 fully saturated rings. The van der Waals surface area contributed by atoms with Crippen LogP contribution in [0.2, 0.25) is 0 Å². The highest BCUT2D eigenvalue weighted by Gasteiger charge is 2.56. The van der Waals surface area contributed by atoms with E-state index in [9.17, 15) is 14.7 Å². The molecule has 0 radical (unpaired) electrons. The maximum absolute atomic E-state index is 12.4. The number of carboxylic acid groups (broad SMARTS) is 1. The summed E-state index contributed by atoms with van der Waals surface area (Å²) in [6.45, 7) is 3.73. The minimum absolute atomic E-state index is 0.0266. The second-order valence-corrected chi connectivity index (χ2v) is 8.82. The number of carbonyl (C=O) groups is 2. The SMILES string of the molecule is Cc1noc(C#Cc2nc3oc(C4(C(=O)O)CC4)nc3o2)c1NC(=O)OCC1C(Cl)=CC=CC1C. The molecule has 11 nitrogen and oxygen atoms in total. The number of aryl methyl sites for hydroxylation is 1. The molecule has 3 aromatic heterocycles. The Kier molecular flexibility index (Phi) is 5.61. The Hall–Kier alpha value is -4.04. The van der Waals surface area contributed by atoms with Gasteiger partial charge < -0.3 is 23.2 Å². The number of oxazole rings is 2. The van der Waals surface area contributed by atoms with Crippen LogP contribution in [-0.2, 0) is 14.9 Å². The number of nitrogens with one attached hydrogen (secondary N) is 1. The van der Waals surface area contributed by atoms with E-state index in [0.717, 1.165) is 0 Å². The highest BCUT2D eigenvalue weighted by molar-refractivity contribution is 6.30. The Morgan fingerprint density at radius 2 is 2.06 bits per heavy atom. The van der Waals surface area contributed by atoms with Gasteiger partial charge in [0.1, 0.15) is 23.4 Å². The first-order chi connectivity index (χ1) is 16.8. The third-order valence-corrected chi connectivity index (χ3v) is 6.38. The van der Waals surface area contributed by atoms with Crippen molar-refractivity contribution in [2.45, 2.75) is 32.1 Å². The number of carbonyl (C=O) groups excluding carboxylic acids is 1. The van der Waals surface area contributed by atoms with Gasteiger partial charge in [0.25, 0.3) is 17.3 Å². The summed E-state index contributed by atoms with van der Waals surface area (Å²) in [7, 11) is 0. The third kappa shape index (κ3) is 4.28. The van der Waals surface area contributed by atoms with Crippen molar-refractivity contribution in [1.82, 2.24) is 15.1 Å². The number of anilines is 1. The molecule has 2 aliphatic rings. The van der Waals surface area contributed by atoms with Crippen LogP contribution >= 0.6 is 11.6 Å². The van der Waals surface area contributed by atoms with Gasteiger partial charge >= 0.3 is 12.1 Å². The number of nitrogens with zero attached hydrogens (tertiary/aromatic N) is 3.